The average Bonchev–Trinajstić information content (AvgIpc) is 2.05. The van der Waals surface area contributed by atoms with Crippen molar-refractivity contribution in [2.24, 2.45) is 0 Å². The zero-order chi connectivity index (χ0) is 9.90. The van der Waals surface area contributed by atoms with Gasteiger partial charge < -0.3 is 4.52 Å². The number of rotatable bonds is 3. The van der Waals surface area contributed by atoms with Crippen molar-refractivity contribution in [1.29, 1.82) is 0 Å². The van der Waals surface area contributed by atoms with Gasteiger partial charge in [0.1, 0.15) is 5.75 Å². The van der Waals surface area contributed by atoms with Crippen LogP contribution in [0.25, 0.3) is 0 Å². The number of benzene rings is 1. The van der Waals surface area contributed by atoms with Crippen LogP contribution in [0.5, 0.6) is 5.75 Å². The van der Waals surface area contributed by atoms with Crippen molar-refractivity contribution in [1.82, 2.24) is 0 Å². The van der Waals surface area contributed by atoms with Crippen LogP contribution in [0.1, 0.15) is 13.8 Å². The first kappa shape index (κ1) is 10.3. The summed E-state index contributed by atoms with van der Waals surface area (Å²) in [6.07, 6.45) is 0. The van der Waals surface area contributed by atoms with Crippen molar-refractivity contribution in [3.05, 3.63) is 30.3 Å². The van der Waals surface area contributed by atoms with Crippen LogP contribution in [0.3, 0.4) is 0 Å². The Hall–Kier alpha value is -0.750. The van der Waals surface area contributed by atoms with Crippen molar-refractivity contribution in [3.63, 3.8) is 0 Å². The Morgan fingerprint density at radius 1 is 1.23 bits per heavy atom. The molecule has 13 heavy (non-hydrogen) atoms. The third kappa shape index (κ3) is 2.89. The molecule has 0 aliphatic rings. The lowest BCUT2D eigenvalue weighted by molar-refractivity contribution is 0.479. The van der Waals surface area contributed by atoms with E-state index in [0.29, 0.717) is 5.75 Å². The molecule has 0 amide bonds. The molecule has 1 unspecified atom stereocenters. The third-order valence-corrected chi connectivity index (χ3v) is 4.42. The molecule has 0 bridgehead atoms. The van der Waals surface area contributed by atoms with Crippen LogP contribution >= 0.6 is 7.37 Å². The molecule has 2 nitrogen and oxygen atoms in total. The van der Waals surface area contributed by atoms with E-state index in [9.17, 15) is 4.57 Å². The van der Waals surface area contributed by atoms with Crippen LogP contribution < -0.4 is 4.52 Å². The molecule has 1 atom stereocenters. The van der Waals surface area contributed by atoms with E-state index in [4.69, 9.17) is 4.52 Å². The van der Waals surface area contributed by atoms with Crippen molar-refractivity contribution >= 4 is 7.37 Å². The second kappa shape index (κ2) is 3.97. The zero-order valence-corrected chi connectivity index (χ0v) is 9.12. The quantitative estimate of drug-likeness (QED) is 0.696. The van der Waals surface area contributed by atoms with Gasteiger partial charge in [0.2, 0.25) is 7.37 Å². The largest absolute Gasteiger partial charge is 0.443 e. The molecule has 1 aromatic rings. The fourth-order valence-corrected chi connectivity index (χ4v) is 1.55. The summed E-state index contributed by atoms with van der Waals surface area (Å²) in [6, 6.07) is 9.28. The van der Waals surface area contributed by atoms with Gasteiger partial charge in [-0.3, -0.25) is 4.57 Å². The maximum Gasteiger partial charge on any atom is 0.247 e. The van der Waals surface area contributed by atoms with Crippen LogP contribution in [0.2, 0.25) is 0 Å². The molecule has 3 heteroatoms. The van der Waals surface area contributed by atoms with Gasteiger partial charge in [-0.2, -0.15) is 0 Å². The lowest BCUT2D eigenvalue weighted by Gasteiger charge is -2.18. The summed E-state index contributed by atoms with van der Waals surface area (Å²) in [4.78, 5) is 0. The molecular weight excluding hydrogens is 183 g/mol. The van der Waals surface area contributed by atoms with Gasteiger partial charge in [0.25, 0.3) is 0 Å². The molecule has 0 fully saturated rings. The Bertz CT molecular complexity index is 306. The molecule has 0 aliphatic carbocycles. The SMILES string of the molecule is CC(C)P(C)(=O)Oc1ccccc1. The fourth-order valence-electron chi connectivity index (χ4n) is 0.796. The van der Waals surface area contributed by atoms with E-state index in [1.54, 1.807) is 6.66 Å². The highest BCUT2D eigenvalue weighted by atomic mass is 31.2. The Kier molecular flexibility index (Phi) is 3.16. The lowest BCUT2D eigenvalue weighted by Crippen LogP contribution is -2.02. The predicted octanol–water partition coefficient (Wildman–Crippen LogP) is 3.38. The van der Waals surface area contributed by atoms with Crippen LogP contribution in [0, 0.1) is 0 Å². The van der Waals surface area contributed by atoms with E-state index >= 15 is 0 Å². The number of para-hydroxylation sites is 1. The van der Waals surface area contributed by atoms with E-state index in [2.05, 4.69) is 0 Å². The lowest BCUT2D eigenvalue weighted by atomic mass is 10.3. The molecule has 1 rings (SSSR count). The minimum atomic E-state index is -2.49. The third-order valence-electron chi connectivity index (χ3n) is 1.97. The highest BCUT2D eigenvalue weighted by molar-refractivity contribution is 7.59. The fraction of sp³-hybridized carbons (Fsp3) is 0.400. The van der Waals surface area contributed by atoms with Gasteiger partial charge in [0.05, 0.1) is 0 Å². The summed E-state index contributed by atoms with van der Waals surface area (Å²) >= 11 is 0. The second-order valence-corrected chi connectivity index (χ2v) is 6.44. The molecule has 0 spiro atoms. The molecule has 1 aromatic carbocycles. The average molecular weight is 198 g/mol. The van der Waals surface area contributed by atoms with Gasteiger partial charge in [-0.15, -0.1) is 0 Å². The minimum Gasteiger partial charge on any atom is -0.443 e. The normalized spacial score (nSPS) is 15.4. The van der Waals surface area contributed by atoms with Crippen molar-refractivity contribution < 1.29 is 9.09 Å². The highest BCUT2D eigenvalue weighted by Crippen LogP contribution is 2.47. The van der Waals surface area contributed by atoms with E-state index in [-0.39, 0.29) is 5.66 Å². The smallest absolute Gasteiger partial charge is 0.247 e. The second-order valence-electron chi connectivity index (χ2n) is 3.41. The van der Waals surface area contributed by atoms with Gasteiger partial charge >= 0.3 is 0 Å². The molecule has 0 N–H and O–H groups in total. The molecular formula is C10H15O2P. The Balaban J connectivity index is 2.76. The standard InChI is InChI=1S/C10H15O2P/c1-9(2)13(3,11)12-10-7-5-4-6-8-10/h4-9H,1-3H3. The first-order valence-corrected chi connectivity index (χ1v) is 6.48. The first-order valence-electron chi connectivity index (χ1n) is 4.34. The molecule has 72 valence electrons. The summed E-state index contributed by atoms with van der Waals surface area (Å²) in [6.45, 7) is 5.48. The molecule has 0 aromatic heterocycles. The summed E-state index contributed by atoms with van der Waals surface area (Å²) in [5, 5.41) is 0. The minimum absolute atomic E-state index is 0.0627. The Labute approximate surface area is 79.4 Å². The van der Waals surface area contributed by atoms with Gasteiger partial charge in [0.15, 0.2) is 0 Å². The van der Waals surface area contributed by atoms with E-state index in [1.165, 1.54) is 0 Å². The van der Waals surface area contributed by atoms with Gasteiger partial charge in [0, 0.05) is 12.3 Å². The van der Waals surface area contributed by atoms with Crippen LogP contribution in [0.15, 0.2) is 30.3 Å². The van der Waals surface area contributed by atoms with E-state index < -0.39 is 7.37 Å². The summed E-state index contributed by atoms with van der Waals surface area (Å²) in [7, 11) is -2.49. The molecule has 0 radical (unpaired) electrons. The Morgan fingerprint density at radius 3 is 2.23 bits per heavy atom. The maximum atomic E-state index is 11.9. The molecule has 0 saturated carbocycles. The summed E-state index contributed by atoms with van der Waals surface area (Å²) in [5.74, 6) is 0.682. The monoisotopic (exact) mass is 198 g/mol. The predicted molar refractivity (Wildman–Crippen MR) is 55.7 cm³/mol. The molecule has 0 aliphatic heterocycles. The van der Waals surface area contributed by atoms with Gasteiger partial charge in [-0.1, -0.05) is 32.0 Å². The maximum absolute atomic E-state index is 11.9. The van der Waals surface area contributed by atoms with Gasteiger partial charge in [-0.25, -0.2) is 0 Å². The molecule has 0 saturated heterocycles. The topological polar surface area (TPSA) is 26.3 Å². The van der Waals surface area contributed by atoms with E-state index in [0.717, 1.165) is 0 Å². The van der Waals surface area contributed by atoms with Crippen LogP contribution in [0.4, 0.5) is 0 Å². The highest BCUT2D eigenvalue weighted by Gasteiger charge is 2.21. The number of hydrogen-bond acceptors (Lipinski definition) is 2. The van der Waals surface area contributed by atoms with Crippen molar-refractivity contribution in [2.45, 2.75) is 19.5 Å². The first-order chi connectivity index (χ1) is 6.02. The molecule has 0 heterocycles. The van der Waals surface area contributed by atoms with Crippen molar-refractivity contribution in [2.75, 3.05) is 6.66 Å². The van der Waals surface area contributed by atoms with Crippen molar-refractivity contribution in [3.8, 4) is 5.75 Å². The van der Waals surface area contributed by atoms with Crippen LogP contribution in [-0.2, 0) is 4.57 Å². The number of hydrogen-bond donors (Lipinski definition) is 0. The van der Waals surface area contributed by atoms with Gasteiger partial charge in [-0.05, 0) is 12.1 Å². The summed E-state index contributed by atoms with van der Waals surface area (Å²) in [5.41, 5.74) is 0.0627. The summed E-state index contributed by atoms with van der Waals surface area (Å²) < 4.78 is 17.3. The van der Waals surface area contributed by atoms with E-state index in [1.807, 2.05) is 44.2 Å². The Morgan fingerprint density at radius 2 is 1.77 bits per heavy atom. The van der Waals surface area contributed by atoms with Crippen LogP contribution in [-0.4, -0.2) is 12.3 Å². The zero-order valence-electron chi connectivity index (χ0n) is 8.23.